The third-order valence-corrected chi connectivity index (χ3v) is 6.19. The Balaban J connectivity index is 2.02. The van der Waals surface area contributed by atoms with Gasteiger partial charge in [-0.3, -0.25) is 10.1 Å². The molecule has 0 radical (unpaired) electrons. The van der Waals surface area contributed by atoms with Gasteiger partial charge in [0.25, 0.3) is 15.7 Å². The molecule has 0 fully saturated rings. The third kappa shape index (κ3) is 3.37. The minimum atomic E-state index is -3.92. The van der Waals surface area contributed by atoms with Crippen LogP contribution in [0.4, 0.5) is 5.69 Å². The topological polar surface area (TPSA) is 96.1 Å². The maximum Gasteiger partial charge on any atom is 0.269 e. The van der Waals surface area contributed by atoms with Crippen molar-refractivity contribution in [1.29, 1.82) is 0 Å². The summed E-state index contributed by atoms with van der Waals surface area (Å²) in [6, 6.07) is 14.4. The number of benzene rings is 2. The van der Waals surface area contributed by atoms with Crippen molar-refractivity contribution >= 4 is 21.7 Å². The fourth-order valence-corrected chi connectivity index (χ4v) is 4.57. The summed E-state index contributed by atoms with van der Waals surface area (Å²) < 4.78 is 27.6. The van der Waals surface area contributed by atoms with Crippen LogP contribution in [0.25, 0.3) is 0 Å². The second-order valence-electron chi connectivity index (χ2n) is 6.71. The summed E-state index contributed by atoms with van der Waals surface area (Å²) in [5, 5.41) is 10.8. The van der Waals surface area contributed by atoms with Gasteiger partial charge in [-0.2, -0.15) is 0 Å². The number of nitrogens with zero attached hydrogens (tertiary/aromatic N) is 4. The minimum absolute atomic E-state index is 0.0139. The lowest BCUT2D eigenvalue weighted by molar-refractivity contribution is -0.384. The summed E-state index contributed by atoms with van der Waals surface area (Å²) in [7, 11) is -0.456. The van der Waals surface area contributed by atoms with Gasteiger partial charge in [-0.15, -0.1) is 0 Å². The SMILES string of the molecule is CN(C)C1=NC(C)(c2ccccc2)CN1S(=O)(=O)c1ccc([N+](=O)[O-])cc1. The Hall–Kier alpha value is -2.94. The van der Waals surface area contributed by atoms with Crippen LogP contribution in [0.2, 0.25) is 0 Å². The molecule has 27 heavy (non-hydrogen) atoms. The van der Waals surface area contributed by atoms with Gasteiger partial charge in [0.1, 0.15) is 5.54 Å². The Morgan fingerprint density at radius 2 is 1.70 bits per heavy atom. The molecule has 3 rings (SSSR count). The van der Waals surface area contributed by atoms with Crippen molar-refractivity contribution in [3.63, 3.8) is 0 Å². The summed E-state index contributed by atoms with van der Waals surface area (Å²) in [4.78, 5) is 16.6. The van der Waals surface area contributed by atoms with E-state index in [-0.39, 0.29) is 17.1 Å². The van der Waals surface area contributed by atoms with Gasteiger partial charge in [-0.1, -0.05) is 30.3 Å². The van der Waals surface area contributed by atoms with E-state index in [4.69, 9.17) is 0 Å². The molecule has 1 aliphatic heterocycles. The molecule has 1 unspecified atom stereocenters. The van der Waals surface area contributed by atoms with Gasteiger partial charge in [0.05, 0.1) is 16.4 Å². The molecule has 1 aliphatic rings. The first-order valence-electron chi connectivity index (χ1n) is 8.25. The number of hydrogen-bond donors (Lipinski definition) is 0. The zero-order chi connectivity index (χ0) is 19.8. The molecular weight excluding hydrogens is 368 g/mol. The molecule has 142 valence electrons. The molecule has 0 spiro atoms. The van der Waals surface area contributed by atoms with E-state index < -0.39 is 20.5 Å². The summed E-state index contributed by atoms with van der Waals surface area (Å²) in [5.74, 6) is 0.319. The highest BCUT2D eigenvalue weighted by molar-refractivity contribution is 7.89. The molecule has 2 aromatic carbocycles. The van der Waals surface area contributed by atoms with Crippen LogP contribution in [0.15, 0.2) is 64.5 Å². The lowest BCUT2D eigenvalue weighted by Gasteiger charge is -2.26. The number of sulfonamides is 1. The second-order valence-corrected chi connectivity index (χ2v) is 8.57. The van der Waals surface area contributed by atoms with Gasteiger partial charge < -0.3 is 4.90 Å². The van der Waals surface area contributed by atoms with E-state index in [0.29, 0.717) is 5.96 Å². The molecular formula is C18H20N4O4S. The maximum atomic E-state index is 13.2. The van der Waals surface area contributed by atoms with Crippen molar-refractivity contribution in [3.05, 3.63) is 70.3 Å². The number of aliphatic imine (C=N–C) groups is 1. The van der Waals surface area contributed by atoms with Crippen LogP contribution in [0.5, 0.6) is 0 Å². The molecule has 8 nitrogen and oxygen atoms in total. The number of nitro benzene ring substituents is 1. The lowest BCUT2D eigenvalue weighted by Crippen LogP contribution is -2.42. The molecule has 0 aliphatic carbocycles. The maximum absolute atomic E-state index is 13.2. The van der Waals surface area contributed by atoms with Crippen molar-refractivity contribution in [3.8, 4) is 0 Å². The molecule has 9 heteroatoms. The average molecular weight is 388 g/mol. The highest BCUT2D eigenvalue weighted by Gasteiger charge is 2.43. The Morgan fingerprint density at radius 3 is 2.22 bits per heavy atom. The first-order chi connectivity index (χ1) is 12.6. The third-order valence-electron chi connectivity index (χ3n) is 4.45. The first-order valence-corrected chi connectivity index (χ1v) is 9.69. The zero-order valence-corrected chi connectivity index (χ0v) is 16.0. The quantitative estimate of drug-likeness (QED) is 0.592. The van der Waals surface area contributed by atoms with E-state index >= 15 is 0 Å². The highest BCUT2D eigenvalue weighted by atomic mass is 32.2. The Bertz CT molecular complexity index is 988. The molecule has 0 saturated carbocycles. The average Bonchev–Trinajstić information content (AvgIpc) is 3.03. The number of guanidine groups is 1. The van der Waals surface area contributed by atoms with Gasteiger partial charge in [-0.05, 0) is 24.6 Å². The Morgan fingerprint density at radius 1 is 1.11 bits per heavy atom. The summed E-state index contributed by atoms with van der Waals surface area (Å²) >= 11 is 0. The van der Waals surface area contributed by atoms with Crippen LogP contribution in [0, 0.1) is 10.1 Å². The van der Waals surface area contributed by atoms with E-state index in [9.17, 15) is 18.5 Å². The van der Waals surface area contributed by atoms with Crippen molar-refractivity contribution < 1.29 is 13.3 Å². The van der Waals surface area contributed by atoms with Crippen LogP contribution >= 0.6 is 0 Å². The smallest absolute Gasteiger partial charge is 0.269 e. The van der Waals surface area contributed by atoms with Crippen molar-refractivity contribution in [2.75, 3.05) is 20.6 Å². The van der Waals surface area contributed by atoms with E-state index in [1.54, 1.807) is 19.0 Å². The van der Waals surface area contributed by atoms with Gasteiger partial charge in [0.2, 0.25) is 5.96 Å². The van der Waals surface area contributed by atoms with Gasteiger partial charge >= 0.3 is 0 Å². The predicted molar refractivity (Wildman–Crippen MR) is 102 cm³/mol. The second kappa shape index (κ2) is 6.66. The molecule has 0 bridgehead atoms. The lowest BCUT2D eigenvalue weighted by atomic mass is 9.94. The van der Waals surface area contributed by atoms with E-state index in [1.807, 2.05) is 37.3 Å². The summed E-state index contributed by atoms with van der Waals surface area (Å²) in [6.07, 6.45) is 0. The first kappa shape index (κ1) is 18.8. The van der Waals surface area contributed by atoms with Crippen LogP contribution in [-0.2, 0) is 15.6 Å². The number of hydrogen-bond acceptors (Lipinski definition) is 6. The number of rotatable bonds is 4. The fourth-order valence-electron chi connectivity index (χ4n) is 3.00. The largest absolute Gasteiger partial charge is 0.348 e. The monoisotopic (exact) mass is 388 g/mol. The zero-order valence-electron chi connectivity index (χ0n) is 15.2. The standard InChI is InChI=1S/C18H20N4O4S/c1-18(14-7-5-4-6-8-14)13-21(17(19-18)20(2)3)27(25,26)16-11-9-15(10-12-16)22(23)24/h4-12H,13H2,1-3H3. The highest BCUT2D eigenvalue weighted by Crippen LogP contribution is 2.35. The van der Waals surface area contributed by atoms with Gasteiger partial charge in [0, 0.05) is 26.2 Å². The van der Waals surface area contributed by atoms with Crippen LogP contribution in [0.1, 0.15) is 12.5 Å². The van der Waals surface area contributed by atoms with E-state index in [0.717, 1.165) is 5.56 Å². The van der Waals surface area contributed by atoms with Gasteiger partial charge in [0.15, 0.2) is 0 Å². The van der Waals surface area contributed by atoms with E-state index in [2.05, 4.69) is 4.99 Å². The molecule has 0 aromatic heterocycles. The summed E-state index contributed by atoms with van der Waals surface area (Å²) in [6.45, 7) is 2.03. The number of non-ortho nitro benzene ring substituents is 1. The molecule has 2 aromatic rings. The molecule has 0 saturated heterocycles. The normalized spacial score (nSPS) is 19.7. The fraction of sp³-hybridized carbons (Fsp3) is 0.278. The molecule has 0 amide bonds. The Kier molecular flexibility index (Phi) is 4.64. The van der Waals surface area contributed by atoms with Crippen LogP contribution < -0.4 is 0 Å². The van der Waals surface area contributed by atoms with Crippen LogP contribution in [-0.4, -0.2) is 49.1 Å². The van der Waals surface area contributed by atoms with Crippen molar-refractivity contribution in [2.24, 2.45) is 4.99 Å². The molecule has 1 atom stereocenters. The number of nitro groups is 1. The van der Waals surface area contributed by atoms with Gasteiger partial charge in [-0.25, -0.2) is 17.7 Å². The predicted octanol–water partition coefficient (Wildman–Crippen LogP) is 2.43. The minimum Gasteiger partial charge on any atom is -0.348 e. The van der Waals surface area contributed by atoms with Crippen LogP contribution in [0.3, 0.4) is 0 Å². The van der Waals surface area contributed by atoms with Crippen molar-refractivity contribution in [2.45, 2.75) is 17.4 Å². The van der Waals surface area contributed by atoms with E-state index in [1.165, 1.54) is 28.6 Å². The molecule has 1 heterocycles. The van der Waals surface area contributed by atoms with Crippen molar-refractivity contribution in [1.82, 2.24) is 9.21 Å². The summed E-state index contributed by atoms with van der Waals surface area (Å²) in [5.41, 5.74) is 0.0195. The molecule has 0 N–H and O–H groups in total. The Labute approximate surface area is 158 Å².